The maximum Gasteiger partial charge on any atom is -0.000937 e. The van der Waals surface area contributed by atoms with Gasteiger partial charge in [-0.05, 0) is 37.3 Å². The van der Waals surface area contributed by atoms with Crippen LogP contribution in [0.25, 0.3) is 0 Å². The third kappa shape index (κ3) is 4.46. The van der Waals surface area contributed by atoms with Crippen LogP contribution in [-0.2, 0) is 30.6 Å². The maximum absolute atomic E-state index is 4.43. The first kappa shape index (κ1) is 5.46. The summed E-state index contributed by atoms with van der Waals surface area (Å²) in [6.07, 6.45) is 0. The lowest BCUT2D eigenvalue weighted by Gasteiger charge is -1.59. The fraction of sp³-hybridized carbons (Fsp3) is 0. The number of thiol groups is 1. The van der Waals surface area contributed by atoms with Crippen molar-refractivity contribution in [3.05, 3.63) is 0 Å². The highest BCUT2D eigenvalue weighted by atomic mass is 33.1. The van der Waals surface area contributed by atoms with Crippen molar-refractivity contribution in [3.63, 3.8) is 0 Å². The molecule has 0 radical (unpaired) electrons. The normalized spacial score (nSPS) is 8.20. The fourth-order valence-electron chi connectivity index (χ4n) is 0. The van der Waals surface area contributed by atoms with Crippen molar-refractivity contribution < 1.29 is 0 Å². The first-order valence-electron chi connectivity index (χ1n) is 0.881. The Labute approximate surface area is 42.1 Å². The Bertz CT molecular complexity index is 83.1. The second-order valence-corrected chi connectivity index (χ2v) is 3.91. The maximum atomic E-state index is 4.43. The summed E-state index contributed by atoms with van der Waals surface area (Å²) in [5, 5.41) is 0. The Morgan fingerprint density at radius 2 is 1.80 bits per heavy atom. The average molecular weight is 125 g/mol. The van der Waals surface area contributed by atoms with Crippen LogP contribution in [0.2, 0.25) is 0 Å². The topological polar surface area (TPSA) is 12.4 Å². The summed E-state index contributed by atoms with van der Waals surface area (Å²) in [5.74, 6) is 0. The van der Waals surface area contributed by atoms with E-state index in [9.17, 15) is 0 Å². The Kier molecular flexibility index (Phi) is 2.93. The molecule has 0 saturated heterocycles. The van der Waals surface area contributed by atoms with Crippen LogP contribution in [0.15, 0.2) is 4.40 Å². The molecule has 0 bridgehead atoms. The van der Waals surface area contributed by atoms with Gasteiger partial charge in [0.2, 0.25) is 0 Å². The zero-order chi connectivity index (χ0) is 4.28. The van der Waals surface area contributed by atoms with Gasteiger partial charge in [-0.2, -0.15) is 0 Å². The third-order valence-corrected chi connectivity index (χ3v) is 1.04. The highest BCUT2D eigenvalue weighted by Gasteiger charge is 1.44. The largest absolute Gasteiger partial charge is 0.229 e. The summed E-state index contributed by atoms with van der Waals surface area (Å²) in [7, 11) is -0.918. The van der Waals surface area contributed by atoms with E-state index in [1.807, 2.05) is 0 Å². The van der Waals surface area contributed by atoms with Crippen molar-refractivity contribution in [2.75, 3.05) is 0 Å². The predicted molar refractivity (Wildman–Crippen MR) is 33.0 cm³/mol. The molecule has 0 aromatic heterocycles. The molecule has 0 atom stereocenters. The zero-order valence-electron chi connectivity index (χ0n) is 2.42. The minimum Gasteiger partial charge on any atom is -0.229 e. The summed E-state index contributed by atoms with van der Waals surface area (Å²) in [4.78, 5) is 0. The molecule has 0 amide bonds. The highest BCUT2D eigenvalue weighted by Crippen LogP contribution is 1.55. The molecule has 0 fully saturated rings. The number of hydrogen-bond donors (Lipinski definition) is 1. The first-order chi connectivity index (χ1) is 2.27. The Balaban J connectivity index is 3.69. The highest BCUT2D eigenvalue weighted by molar-refractivity contribution is 8.45. The molecule has 0 N–H and O–H groups in total. The molecule has 0 unspecified atom stereocenters. The molecule has 0 saturated carbocycles. The van der Waals surface area contributed by atoms with E-state index in [0.29, 0.717) is 0 Å². The van der Waals surface area contributed by atoms with Gasteiger partial charge < -0.3 is 0 Å². The summed E-state index contributed by atoms with van der Waals surface area (Å²) < 4.78 is 3.33. The standard InChI is InChI=1S/CH3NS3/c1-2-5(3)4/h5H,1H2. The summed E-state index contributed by atoms with van der Waals surface area (Å²) in [6, 6.07) is 0. The summed E-state index contributed by atoms with van der Waals surface area (Å²) in [6.45, 7) is 3.13. The van der Waals surface area contributed by atoms with Crippen LogP contribution >= 0.6 is 0 Å². The van der Waals surface area contributed by atoms with Crippen LogP contribution in [-0.4, -0.2) is 6.72 Å². The second-order valence-electron chi connectivity index (χ2n) is 0.379. The van der Waals surface area contributed by atoms with E-state index in [1.165, 1.54) is 0 Å². The molecule has 0 heterocycles. The Hall–Kier alpha value is 0.460. The molecule has 4 heteroatoms. The average Bonchev–Trinajstić information content (AvgIpc) is 1.38. The minimum atomic E-state index is -0.918. The quantitative estimate of drug-likeness (QED) is 0.387. The van der Waals surface area contributed by atoms with Gasteiger partial charge in [0, 0.05) is 0 Å². The third-order valence-electron chi connectivity index (χ3n) is 0.115. The van der Waals surface area contributed by atoms with Gasteiger partial charge in [0.1, 0.15) is 0 Å². The predicted octanol–water partition coefficient (Wildman–Crippen LogP) is -0.124. The molecule has 0 spiro atoms. The van der Waals surface area contributed by atoms with Crippen LogP contribution in [0, 0.1) is 0 Å². The van der Waals surface area contributed by atoms with Gasteiger partial charge in [-0.25, -0.2) is 4.40 Å². The number of nitrogens with zero attached hydrogens (tertiary/aromatic N) is 1. The number of rotatable bonds is 1. The van der Waals surface area contributed by atoms with E-state index in [-0.39, 0.29) is 0 Å². The van der Waals surface area contributed by atoms with Crippen molar-refractivity contribution in [3.8, 4) is 0 Å². The molecule has 5 heavy (non-hydrogen) atoms. The molecule has 0 aromatic rings. The van der Waals surface area contributed by atoms with Gasteiger partial charge in [-0.1, -0.05) is 0 Å². The summed E-state index contributed by atoms with van der Waals surface area (Å²) >= 11 is 8.86. The van der Waals surface area contributed by atoms with Crippen molar-refractivity contribution in [1.29, 1.82) is 0 Å². The fourth-order valence-corrected chi connectivity index (χ4v) is 0. The van der Waals surface area contributed by atoms with Crippen molar-refractivity contribution in [2.24, 2.45) is 4.40 Å². The van der Waals surface area contributed by atoms with Crippen LogP contribution < -0.4 is 0 Å². The molecule has 0 aliphatic carbocycles. The lowest BCUT2D eigenvalue weighted by Crippen LogP contribution is -1.48. The van der Waals surface area contributed by atoms with Gasteiger partial charge in [-0.15, -0.1) is 0 Å². The zero-order valence-corrected chi connectivity index (χ0v) is 4.95. The Morgan fingerprint density at radius 3 is 1.80 bits per heavy atom. The lowest BCUT2D eigenvalue weighted by atomic mass is 11.8. The SMILES string of the molecule is C=N[SH](=S)=S. The van der Waals surface area contributed by atoms with Crippen molar-refractivity contribution in [2.45, 2.75) is 0 Å². The molecule has 0 aromatic carbocycles. The smallest absolute Gasteiger partial charge is 0.000937 e. The first-order valence-corrected chi connectivity index (χ1v) is 4.20. The van der Waals surface area contributed by atoms with E-state index < -0.39 is 8.20 Å². The van der Waals surface area contributed by atoms with E-state index in [1.54, 1.807) is 0 Å². The number of hydrogen-bond acceptors (Lipinski definition) is 2. The van der Waals surface area contributed by atoms with Gasteiger partial charge >= 0.3 is 0 Å². The van der Waals surface area contributed by atoms with Crippen LogP contribution in [0.1, 0.15) is 0 Å². The van der Waals surface area contributed by atoms with Gasteiger partial charge in [-0.3, -0.25) is 0 Å². The molecule has 0 aliphatic heterocycles. The molecule has 30 valence electrons. The molecule has 1 nitrogen and oxygen atoms in total. The lowest BCUT2D eigenvalue weighted by molar-refractivity contribution is 2.06. The molecule has 0 rings (SSSR count). The molecular formula is CH3NS3. The van der Waals surface area contributed by atoms with Gasteiger partial charge in [0.15, 0.2) is 0 Å². The van der Waals surface area contributed by atoms with Crippen molar-refractivity contribution >= 4 is 37.3 Å². The summed E-state index contributed by atoms with van der Waals surface area (Å²) in [5.41, 5.74) is 0. The van der Waals surface area contributed by atoms with Crippen LogP contribution in [0.3, 0.4) is 0 Å². The van der Waals surface area contributed by atoms with Crippen LogP contribution in [0.5, 0.6) is 0 Å². The van der Waals surface area contributed by atoms with E-state index in [2.05, 4.69) is 33.5 Å². The van der Waals surface area contributed by atoms with E-state index in [0.717, 1.165) is 0 Å². The minimum absolute atomic E-state index is 0.918. The van der Waals surface area contributed by atoms with Gasteiger partial charge in [0.25, 0.3) is 0 Å². The Morgan fingerprint density at radius 1 is 1.60 bits per heavy atom. The van der Waals surface area contributed by atoms with Crippen LogP contribution in [0.4, 0.5) is 0 Å². The monoisotopic (exact) mass is 125 g/mol. The van der Waals surface area contributed by atoms with Gasteiger partial charge in [0.05, 0.1) is 0 Å². The molecular weight excluding hydrogens is 122 g/mol. The van der Waals surface area contributed by atoms with E-state index >= 15 is 0 Å². The molecule has 0 aliphatic rings. The van der Waals surface area contributed by atoms with Crippen molar-refractivity contribution in [1.82, 2.24) is 0 Å². The second kappa shape index (κ2) is 2.68. The van der Waals surface area contributed by atoms with E-state index in [4.69, 9.17) is 0 Å².